The first-order valence-electron chi connectivity index (χ1n) is 18.4. The number of aromatic nitrogens is 3. The summed E-state index contributed by atoms with van der Waals surface area (Å²) in [6, 6.07) is 11.1. The van der Waals surface area contributed by atoms with Gasteiger partial charge in [0.25, 0.3) is 0 Å². The molecule has 1 aliphatic heterocycles. The fourth-order valence-corrected chi connectivity index (χ4v) is 7.35. The number of nitrogens with zero attached hydrogens (tertiary/aromatic N) is 3. The first-order valence-corrected chi connectivity index (χ1v) is 20.0. The number of carbonyl (C=O) groups is 1. The number of carbonyl (C=O) groups excluding carboxylic acids is 1. The van der Waals surface area contributed by atoms with Crippen molar-refractivity contribution in [1.82, 2.24) is 19.7 Å². The molecular weight excluding hydrogens is 669 g/mol. The number of ether oxygens (including phenoxy) is 2. The summed E-state index contributed by atoms with van der Waals surface area (Å²) in [4.78, 5) is 16.8. The quantitative estimate of drug-likeness (QED) is 0.0355. The molecule has 4 rings (SSSR count). The van der Waals surface area contributed by atoms with Gasteiger partial charge >= 0.3 is 13.7 Å². The van der Waals surface area contributed by atoms with Gasteiger partial charge in [0.2, 0.25) is 0 Å². The smallest absolute Gasteiger partial charge is 0.459 e. The first-order chi connectivity index (χ1) is 24.8. The topological polar surface area (TPSA) is 160 Å². The van der Waals surface area contributed by atoms with Gasteiger partial charge in [0.05, 0.1) is 25.0 Å². The summed E-state index contributed by atoms with van der Waals surface area (Å²) < 4.78 is 38.7. The predicted octanol–water partition coefficient (Wildman–Crippen LogP) is 8.04. The molecule has 5 atom stereocenters. The summed E-state index contributed by atoms with van der Waals surface area (Å²) in [6.45, 7) is 3.79. The minimum Gasteiger partial charge on any atom is -0.465 e. The third-order valence-corrected chi connectivity index (χ3v) is 10.4. The molecule has 0 bridgehead atoms. The molecule has 1 unspecified atom stereocenters. The van der Waals surface area contributed by atoms with Gasteiger partial charge in [0.1, 0.15) is 35.8 Å². The summed E-state index contributed by atoms with van der Waals surface area (Å²) in [7, 11) is -4.13. The average molecular weight is 726 g/mol. The van der Waals surface area contributed by atoms with E-state index in [1.807, 2.05) is 6.07 Å². The van der Waals surface area contributed by atoms with E-state index >= 15 is 0 Å². The van der Waals surface area contributed by atoms with Crippen molar-refractivity contribution in [3.63, 3.8) is 0 Å². The number of para-hydroxylation sites is 1. The van der Waals surface area contributed by atoms with Crippen LogP contribution in [0.25, 0.3) is 5.52 Å². The molecule has 0 amide bonds. The summed E-state index contributed by atoms with van der Waals surface area (Å²) in [5, 5.41) is 17.8. The highest BCUT2D eigenvalue weighted by atomic mass is 31.2. The average Bonchev–Trinajstić information content (AvgIpc) is 3.73. The second kappa shape index (κ2) is 21.7. The number of fused-ring (bicyclic) bond motifs is 1. The van der Waals surface area contributed by atoms with Crippen LogP contribution < -0.4 is 15.3 Å². The molecule has 1 aliphatic rings. The zero-order chi connectivity index (χ0) is 36.3. The van der Waals surface area contributed by atoms with Crippen LogP contribution in [0.3, 0.4) is 0 Å². The van der Waals surface area contributed by atoms with E-state index in [0.717, 1.165) is 38.5 Å². The van der Waals surface area contributed by atoms with Crippen LogP contribution in [0.2, 0.25) is 0 Å². The number of anilines is 1. The molecule has 2 aromatic heterocycles. The van der Waals surface area contributed by atoms with Crippen LogP contribution in [-0.4, -0.2) is 57.1 Å². The van der Waals surface area contributed by atoms with E-state index in [1.165, 1.54) is 44.9 Å². The van der Waals surface area contributed by atoms with Gasteiger partial charge in [-0.25, -0.2) is 14.1 Å². The number of nitrogen functional groups attached to an aromatic ring is 1. The Kier molecular flexibility index (Phi) is 17.1. The van der Waals surface area contributed by atoms with E-state index in [9.17, 15) is 14.5 Å². The molecule has 0 spiro atoms. The molecule has 51 heavy (non-hydrogen) atoms. The zero-order valence-corrected chi connectivity index (χ0v) is 31.0. The Morgan fingerprint density at radius 1 is 1.04 bits per heavy atom. The standard InChI is InChI=1S/C38H56N5O7P/c1-3-4-5-6-7-8-9-10-11-12-13-14-15-16-17-21-26-47-38(45)30(2)42-51(46,50-31-22-19-18-20-23-31)48-28-36-34(44)27-35(49-36)32-24-25-33-37(39)40-29-41-43(32)33/h7-8,10-11,18-20,22-25,29-30,34-36,44H,3-6,9,12-17,21,26-28H2,1-2H3,(H,42,46)(H2,39,40,41)/b8-7-,11-10-/t30-,34-,35+,36+,51?/m0/s1. The van der Waals surface area contributed by atoms with E-state index < -0.39 is 38.1 Å². The second-order valence-corrected chi connectivity index (χ2v) is 14.7. The van der Waals surface area contributed by atoms with Crippen LogP contribution >= 0.6 is 7.75 Å². The monoisotopic (exact) mass is 725 g/mol. The summed E-state index contributed by atoms with van der Waals surface area (Å²) in [5.74, 6) is 0.0588. The number of hydrogen-bond acceptors (Lipinski definition) is 10. The largest absolute Gasteiger partial charge is 0.465 e. The number of allylic oxidation sites excluding steroid dienone is 4. The third-order valence-electron chi connectivity index (χ3n) is 8.74. The maximum atomic E-state index is 14.0. The number of hydrogen-bond donors (Lipinski definition) is 3. The van der Waals surface area contributed by atoms with E-state index in [-0.39, 0.29) is 25.4 Å². The lowest BCUT2D eigenvalue weighted by molar-refractivity contribution is -0.145. The fraction of sp³-hybridized carbons (Fsp3) is 0.553. The fourth-order valence-electron chi connectivity index (χ4n) is 5.85. The highest BCUT2D eigenvalue weighted by Crippen LogP contribution is 2.46. The van der Waals surface area contributed by atoms with E-state index in [2.05, 4.69) is 46.4 Å². The molecule has 1 saturated heterocycles. The normalized spacial score (nSPS) is 19.5. The number of aliphatic hydroxyl groups excluding tert-OH is 1. The highest BCUT2D eigenvalue weighted by Gasteiger charge is 2.40. The van der Waals surface area contributed by atoms with Crippen LogP contribution in [0.15, 0.2) is 73.1 Å². The maximum absolute atomic E-state index is 14.0. The predicted molar refractivity (Wildman–Crippen MR) is 199 cm³/mol. The molecule has 3 aromatic rings. The van der Waals surface area contributed by atoms with Crippen molar-refractivity contribution in [1.29, 1.82) is 0 Å². The van der Waals surface area contributed by atoms with Crippen LogP contribution in [0.1, 0.15) is 109 Å². The summed E-state index contributed by atoms with van der Waals surface area (Å²) in [6.07, 6.45) is 22.0. The molecule has 12 nitrogen and oxygen atoms in total. The van der Waals surface area contributed by atoms with Gasteiger partial charge in [-0.2, -0.15) is 10.2 Å². The summed E-state index contributed by atoms with van der Waals surface area (Å²) in [5.41, 5.74) is 7.28. The second-order valence-electron chi connectivity index (χ2n) is 13.0. The molecular formula is C38H56N5O7P. The molecule has 0 radical (unpaired) electrons. The SMILES string of the molecule is CCCCC/C=C\C/C=C\CCCCCCCCOC(=O)[C@H](C)NP(=O)(OC[C@H]1O[C@@H](c2ccc3c(N)ncnn23)C[C@@H]1O)Oc1ccccc1. The Balaban J connectivity index is 1.16. The number of rotatable bonds is 24. The van der Waals surface area contributed by atoms with Crippen LogP contribution in [0, 0.1) is 0 Å². The minimum absolute atomic E-state index is 0.260. The molecule has 1 aromatic carbocycles. The Labute approximate surface area is 302 Å². The van der Waals surface area contributed by atoms with Crippen molar-refractivity contribution < 1.29 is 33.0 Å². The molecule has 3 heterocycles. The molecule has 280 valence electrons. The molecule has 0 aliphatic carbocycles. The lowest BCUT2D eigenvalue weighted by Gasteiger charge is -2.24. The number of nitrogens with two attached hydrogens (primary N) is 1. The van der Waals surface area contributed by atoms with Crippen molar-refractivity contribution in [3.05, 3.63) is 78.8 Å². The van der Waals surface area contributed by atoms with Gasteiger partial charge in [-0.05, 0) is 69.7 Å². The van der Waals surface area contributed by atoms with Crippen molar-refractivity contribution in [2.75, 3.05) is 18.9 Å². The van der Waals surface area contributed by atoms with Crippen LogP contribution in [0.4, 0.5) is 5.82 Å². The summed E-state index contributed by atoms with van der Waals surface area (Å²) >= 11 is 0. The lowest BCUT2D eigenvalue weighted by atomic mass is 10.1. The van der Waals surface area contributed by atoms with Gasteiger partial charge < -0.3 is 24.8 Å². The molecule has 13 heteroatoms. The lowest BCUT2D eigenvalue weighted by Crippen LogP contribution is -2.36. The van der Waals surface area contributed by atoms with Gasteiger partial charge in [0, 0.05) is 6.42 Å². The Hall–Kier alpha value is -3.54. The number of esters is 1. The maximum Gasteiger partial charge on any atom is 0.459 e. The van der Waals surface area contributed by atoms with Crippen molar-refractivity contribution in [3.8, 4) is 5.75 Å². The molecule has 4 N–H and O–H groups in total. The van der Waals surface area contributed by atoms with Gasteiger partial charge in [-0.3, -0.25) is 9.32 Å². The van der Waals surface area contributed by atoms with E-state index in [0.29, 0.717) is 17.0 Å². The van der Waals surface area contributed by atoms with Crippen LogP contribution in [-0.2, 0) is 23.4 Å². The highest BCUT2D eigenvalue weighted by molar-refractivity contribution is 7.52. The van der Waals surface area contributed by atoms with Gasteiger partial charge in [-0.15, -0.1) is 0 Å². The van der Waals surface area contributed by atoms with Crippen molar-refractivity contribution >= 4 is 25.1 Å². The Morgan fingerprint density at radius 2 is 1.75 bits per heavy atom. The first kappa shape index (κ1) is 40.2. The van der Waals surface area contributed by atoms with E-state index in [1.54, 1.807) is 47.8 Å². The third kappa shape index (κ3) is 13.5. The van der Waals surface area contributed by atoms with Crippen molar-refractivity contribution in [2.45, 2.75) is 122 Å². The van der Waals surface area contributed by atoms with Gasteiger partial charge in [0.15, 0.2) is 5.82 Å². The number of aliphatic hydroxyl groups is 1. The van der Waals surface area contributed by atoms with Crippen LogP contribution in [0.5, 0.6) is 5.75 Å². The van der Waals surface area contributed by atoms with E-state index in [4.69, 9.17) is 24.3 Å². The number of benzene rings is 1. The minimum atomic E-state index is -4.13. The Morgan fingerprint density at radius 3 is 2.49 bits per heavy atom. The number of nitrogens with one attached hydrogen (secondary N) is 1. The Bertz CT molecular complexity index is 1570. The molecule has 1 fully saturated rings. The zero-order valence-electron chi connectivity index (χ0n) is 30.1. The number of unbranched alkanes of at least 4 members (excludes halogenated alkanes) is 9. The molecule has 0 saturated carbocycles. The van der Waals surface area contributed by atoms with Gasteiger partial charge in [-0.1, -0.05) is 88.0 Å². The van der Waals surface area contributed by atoms with Crippen molar-refractivity contribution in [2.24, 2.45) is 0 Å².